The van der Waals surface area contributed by atoms with Gasteiger partial charge in [0.15, 0.2) is 6.10 Å². The molecule has 1 aromatic rings. The number of carbonyl (C=O) groups is 1. The van der Waals surface area contributed by atoms with Crippen LogP contribution in [0.25, 0.3) is 0 Å². The standard InChI is InChI=1S/C10H9F3O5S/c11-10(12,13)19(16,17)18-8(9(14)15)6-7-4-2-1-3-5-7/h1-5,8H,6H2,(H,14,15)/t8-/m1/s1. The first-order valence-corrected chi connectivity index (χ1v) is 6.30. The van der Waals surface area contributed by atoms with Gasteiger partial charge in [-0.25, -0.2) is 8.98 Å². The number of carboxylic acids is 1. The Kier molecular flexibility index (Phi) is 4.53. The van der Waals surface area contributed by atoms with Gasteiger partial charge in [-0.15, -0.1) is 0 Å². The molecule has 19 heavy (non-hydrogen) atoms. The van der Waals surface area contributed by atoms with Gasteiger partial charge in [0.2, 0.25) is 0 Å². The molecule has 106 valence electrons. The second-order valence-corrected chi connectivity index (χ2v) is 5.08. The maximum atomic E-state index is 12.1. The normalized spacial score (nSPS) is 14.1. The van der Waals surface area contributed by atoms with E-state index in [0.717, 1.165) is 0 Å². The van der Waals surface area contributed by atoms with Gasteiger partial charge in [0.1, 0.15) is 0 Å². The van der Waals surface area contributed by atoms with Crippen LogP contribution in [0.2, 0.25) is 0 Å². The van der Waals surface area contributed by atoms with Crippen LogP contribution >= 0.6 is 0 Å². The number of alkyl halides is 3. The minimum Gasteiger partial charge on any atom is -0.479 e. The summed E-state index contributed by atoms with van der Waals surface area (Å²) in [7, 11) is -5.94. The molecular formula is C10H9F3O5S. The summed E-state index contributed by atoms with van der Waals surface area (Å²) < 4.78 is 61.5. The molecule has 0 saturated carbocycles. The Morgan fingerprint density at radius 3 is 2.21 bits per heavy atom. The average Bonchev–Trinajstić information content (AvgIpc) is 2.27. The third kappa shape index (κ3) is 4.21. The second-order valence-electron chi connectivity index (χ2n) is 3.51. The largest absolute Gasteiger partial charge is 0.523 e. The van der Waals surface area contributed by atoms with Crippen molar-refractivity contribution in [1.29, 1.82) is 0 Å². The van der Waals surface area contributed by atoms with E-state index in [1.54, 1.807) is 6.07 Å². The minimum absolute atomic E-state index is 0.340. The van der Waals surface area contributed by atoms with Crippen LogP contribution in [0.1, 0.15) is 5.56 Å². The Morgan fingerprint density at radius 1 is 1.26 bits per heavy atom. The Morgan fingerprint density at radius 2 is 1.79 bits per heavy atom. The Labute approximate surface area is 106 Å². The summed E-state index contributed by atoms with van der Waals surface area (Å²) in [5.41, 5.74) is -5.32. The molecule has 1 N–H and O–H groups in total. The quantitative estimate of drug-likeness (QED) is 0.659. The monoisotopic (exact) mass is 298 g/mol. The lowest BCUT2D eigenvalue weighted by atomic mass is 10.1. The van der Waals surface area contributed by atoms with E-state index in [0.29, 0.717) is 5.56 Å². The number of hydrogen-bond donors (Lipinski definition) is 1. The molecule has 9 heteroatoms. The molecular weight excluding hydrogens is 289 g/mol. The van der Waals surface area contributed by atoms with Gasteiger partial charge in [0.25, 0.3) is 0 Å². The van der Waals surface area contributed by atoms with E-state index in [1.807, 2.05) is 0 Å². The van der Waals surface area contributed by atoms with Crippen molar-refractivity contribution >= 4 is 16.1 Å². The number of rotatable bonds is 5. The predicted octanol–water partition coefficient (Wildman–Crippen LogP) is 1.55. The first-order chi connectivity index (χ1) is 8.63. The van der Waals surface area contributed by atoms with Gasteiger partial charge in [0, 0.05) is 6.42 Å². The molecule has 0 bridgehead atoms. The summed E-state index contributed by atoms with van der Waals surface area (Å²) in [4.78, 5) is 10.8. The van der Waals surface area contributed by atoms with Gasteiger partial charge in [-0.3, -0.25) is 0 Å². The molecule has 0 spiro atoms. The maximum Gasteiger partial charge on any atom is 0.523 e. The number of hydrogen-bond acceptors (Lipinski definition) is 4. The van der Waals surface area contributed by atoms with E-state index in [9.17, 15) is 26.4 Å². The number of benzene rings is 1. The van der Waals surface area contributed by atoms with Gasteiger partial charge in [-0.05, 0) is 5.56 Å². The van der Waals surface area contributed by atoms with E-state index in [1.165, 1.54) is 24.3 Å². The van der Waals surface area contributed by atoms with E-state index >= 15 is 0 Å². The molecule has 0 aliphatic rings. The van der Waals surface area contributed by atoms with Crippen LogP contribution in [0.5, 0.6) is 0 Å². The van der Waals surface area contributed by atoms with Gasteiger partial charge >= 0.3 is 21.6 Å². The van der Waals surface area contributed by atoms with Crippen molar-refractivity contribution in [3.05, 3.63) is 35.9 Å². The highest BCUT2D eigenvalue weighted by Crippen LogP contribution is 2.26. The van der Waals surface area contributed by atoms with Gasteiger partial charge in [-0.1, -0.05) is 30.3 Å². The molecule has 0 amide bonds. The van der Waals surface area contributed by atoms with Crippen LogP contribution in [0.15, 0.2) is 30.3 Å². The SMILES string of the molecule is O=C(O)[C@@H](Cc1ccccc1)OS(=O)(=O)C(F)(F)F. The number of aliphatic carboxylic acids is 1. The molecule has 1 rings (SSSR count). The maximum absolute atomic E-state index is 12.1. The predicted molar refractivity (Wildman–Crippen MR) is 57.6 cm³/mol. The van der Waals surface area contributed by atoms with Gasteiger partial charge < -0.3 is 5.11 Å². The summed E-state index contributed by atoms with van der Waals surface area (Å²) >= 11 is 0. The zero-order chi connectivity index (χ0) is 14.7. The van der Waals surface area contributed by atoms with E-state index in [2.05, 4.69) is 4.18 Å². The summed E-state index contributed by atoms with van der Waals surface area (Å²) in [5.74, 6) is -1.79. The molecule has 0 aliphatic heterocycles. The van der Waals surface area contributed by atoms with Crippen molar-refractivity contribution in [3.8, 4) is 0 Å². The topological polar surface area (TPSA) is 80.7 Å². The molecule has 0 aromatic heterocycles. The van der Waals surface area contributed by atoms with Crippen LogP contribution < -0.4 is 0 Å². The Hall–Kier alpha value is -1.61. The molecule has 0 fully saturated rings. The van der Waals surface area contributed by atoms with Crippen LogP contribution in [-0.2, 0) is 25.5 Å². The summed E-state index contributed by atoms with van der Waals surface area (Å²) in [6, 6.07) is 7.57. The van der Waals surface area contributed by atoms with Crippen LogP contribution in [0.4, 0.5) is 13.2 Å². The highest BCUT2D eigenvalue weighted by Gasteiger charge is 2.49. The van der Waals surface area contributed by atoms with Crippen LogP contribution in [0, 0.1) is 0 Å². The van der Waals surface area contributed by atoms with Crippen molar-refractivity contribution < 1.29 is 35.7 Å². The van der Waals surface area contributed by atoms with Crippen LogP contribution in [0.3, 0.4) is 0 Å². The van der Waals surface area contributed by atoms with Crippen molar-refractivity contribution in [3.63, 3.8) is 0 Å². The first-order valence-electron chi connectivity index (χ1n) is 4.90. The smallest absolute Gasteiger partial charge is 0.479 e. The van der Waals surface area contributed by atoms with E-state index < -0.39 is 34.1 Å². The fraction of sp³-hybridized carbons (Fsp3) is 0.300. The first kappa shape index (κ1) is 15.4. The lowest BCUT2D eigenvalue weighted by molar-refractivity contribution is -0.145. The highest BCUT2D eigenvalue weighted by molar-refractivity contribution is 7.87. The molecule has 1 atom stereocenters. The highest BCUT2D eigenvalue weighted by atomic mass is 32.2. The molecule has 0 radical (unpaired) electrons. The zero-order valence-corrected chi connectivity index (χ0v) is 10.1. The zero-order valence-electron chi connectivity index (χ0n) is 9.29. The van der Waals surface area contributed by atoms with Gasteiger partial charge in [0.05, 0.1) is 0 Å². The molecule has 0 heterocycles. The summed E-state index contributed by atoms with van der Waals surface area (Å²) in [5, 5.41) is 8.71. The molecule has 0 unspecified atom stereocenters. The van der Waals surface area contributed by atoms with Gasteiger partial charge in [-0.2, -0.15) is 21.6 Å². The number of halogens is 3. The second kappa shape index (κ2) is 5.57. The average molecular weight is 298 g/mol. The Bertz CT molecular complexity index is 538. The van der Waals surface area contributed by atoms with E-state index in [4.69, 9.17) is 5.11 Å². The molecule has 0 saturated heterocycles. The minimum atomic E-state index is -5.94. The third-order valence-electron chi connectivity index (χ3n) is 2.07. The van der Waals surface area contributed by atoms with Crippen molar-refractivity contribution in [2.75, 3.05) is 0 Å². The fourth-order valence-electron chi connectivity index (χ4n) is 1.20. The Balaban J connectivity index is 2.90. The number of carboxylic acid groups (broad SMARTS) is 1. The fourth-order valence-corrected chi connectivity index (χ4v) is 1.76. The summed E-state index contributed by atoms with van der Waals surface area (Å²) in [6.07, 6.45) is -2.63. The lowest BCUT2D eigenvalue weighted by Gasteiger charge is -2.14. The van der Waals surface area contributed by atoms with Crippen LogP contribution in [-0.4, -0.2) is 31.1 Å². The molecule has 0 aliphatic carbocycles. The third-order valence-corrected chi connectivity index (χ3v) is 3.12. The molecule has 1 aromatic carbocycles. The molecule has 5 nitrogen and oxygen atoms in total. The van der Waals surface area contributed by atoms with Crippen molar-refractivity contribution in [2.24, 2.45) is 0 Å². The van der Waals surface area contributed by atoms with E-state index in [-0.39, 0.29) is 0 Å². The van der Waals surface area contributed by atoms with Crippen molar-refractivity contribution in [2.45, 2.75) is 18.0 Å². The lowest BCUT2D eigenvalue weighted by Crippen LogP contribution is -2.35. The van der Waals surface area contributed by atoms with Crippen molar-refractivity contribution in [1.82, 2.24) is 0 Å². The summed E-state index contributed by atoms with van der Waals surface area (Å²) in [6.45, 7) is 0.